The van der Waals surface area contributed by atoms with E-state index < -0.39 is 6.61 Å². The van der Waals surface area contributed by atoms with Gasteiger partial charge in [0.2, 0.25) is 5.88 Å². The molecule has 1 aliphatic rings. The molecule has 0 aliphatic carbocycles. The number of hydrogen-bond acceptors (Lipinski definition) is 4. The zero-order valence-corrected chi connectivity index (χ0v) is 11.9. The lowest BCUT2D eigenvalue weighted by atomic mass is 10.2. The van der Waals surface area contributed by atoms with Crippen LogP contribution < -0.4 is 4.74 Å². The molecule has 20 heavy (non-hydrogen) atoms. The quantitative estimate of drug-likeness (QED) is 0.829. The average molecular weight is 285 g/mol. The van der Waals surface area contributed by atoms with Gasteiger partial charge in [-0.1, -0.05) is 6.07 Å². The molecule has 4 nitrogen and oxygen atoms in total. The number of alkyl halides is 2. The summed E-state index contributed by atoms with van der Waals surface area (Å²) < 4.78 is 28.3. The zero-order chi connectivity index (χ0) is 14.5. The second kappa shape index (κ2) is 6.95. The SMILES string of the molecule is CC(C)N1CCN(Cc2ccc(OC(F)F)nc2)CC1. The number of nitrogens with zero attached hydrogens (tertiary/aromatic N) is 3. The fourth-order valence-electron chi connectivity index (χ4n) is 2.36. The standard InChI is InChI=1S/C14H21F2N3O/c1-11(2)19-7-5-18(6-8-19)10-12-3-4-13(17-9-12)20-14(15)16/h3-4,9,11,14H,5-8,10H2,1-2H3. The van der Waals surface area contributed by atoms with Crippen molar-refractivity contribution in [1.82, 2.24) is 14.8 Å². The highest BCUT2D eigenvalue weighted by molar-refractivity contribution is 5.17. The number of pyridine rings is 1. The van der Waals surface area contributed by atoms with Crippen LogP contribution in [0.3, 0.4) is 0 Å². The van der Waals surface area contributed by atoms with Crippen molar-refractivity contribution >= 4 is 0 Å². The fraction of sp³-hybridized carbons (Fsp3) is 0.643. The lowest BCUT2D eigenvalue weighted by Crippen LogP contribution is -2.48. The van der Waals surface area contributed by atoms with Crippen LogP contribution in [0.1, 0.15) is 19.4 Å². The first-order valence-corrected chi connectivity index (χ1v) is 6.91. The van der Waals surface area contributed by atoms with E-state index in [9.17, 15) is 8.78 Å². The molecule has 1 aromatic rings. The third-order valence-corrected chi connectivity index (χ3v) is 3.55. The van der Waals surface area contributed by atoms with Crippen LogP contribution in [-0.2, 0) is 6.54 Å². The summed E-state index contributed by atoms with van der Waals surface area (Å²) in [5.74, 6) is -0.0339. The third-order valence-electron chi connectivity index (χ3n) is 3.55. The van der Waals surface area contributed by atoms with Crippen molar-refractivity contribution in [2.24, 2.45) is 0 Å². The molecule has 0 spiro atoms. The Hall–Kier alpha value is -1.27. The molecule has 1 saturated heterocycles. The van der Waals surface area contributed by atoms with Crippen molar-refractivity contribution in [2.45, 2.75) is 33.0 Å². The first-order chi connectivity index (χ1) is 9.54. The van der Waals surface area contributed by atoms with Crippen LogP contribution in [0, 0.1) is 0 Å². The summed E-state index contributed by atoms with van der Waals surface area (Å²) >= 11 is 0. The van der Waals surface area contributed by atoms with Gasteiger partial charge >= 0.3 is 6.61 Å². The van der Waals surface area contributed by atoms with Crippen molar-refractivity contribution in [2.75, 3.05) is 26.2 Å². The summed E-state index contributed by atoms with van der Waals surface area (Å²) in [5, 5.41) is 0. The Morgan fingerprint density at radius 2 is 1.90 bits per heavy atom. The first kappa shape index (κ1) is 15.1. The van der Waals surface area contributed by atoms with Crippen LogP contribution in [0.5, 0.6) is 5.88 Å². The van der Waals surface area contributed by atoms with E-state index in [1.165, 1.54) is 6.07 Å². The fourth-order valence-corrected chi connectivity index (χ4v) is 2.36. The van der Waals surface area contributed by atoms with Gasteiger partial charge in [-0.05, 0) is 19.4 Å². The maximum Gasteiger partial charge on any atom is 0.388 e. The second-order valence-corrected chi connectivity index (χ2v) is 5.29. The third kappa shape index (κ3) is 4.38. The Morgan fingerprint density at radius 3 is 2.40 bits per heavy atom. The minimum absolute atomic E-state index is 0.0339. The molecule has 1 aliphatic heterocycles. The average Bonchev–Trinajstić information content (AvgIpc) is 2.41. The largest absolute Gasteiger partial charge is 0.417 e. The van der Waals surface area contributed by atoms with Gasteiger partial charge in [-0.2, -0.15) is 8.78 Å². The van der Waals surface area contributed by atoms with Gasteiger partial charge in [0.05, 0.1) is 0 Å². The van der Waals surface area contributed by atoms with Gasteiger partial charge in [0.15, 0.2) is 0 Å². The molecule has 0 radical (unpaired) electrons. The monoisotopic (exact) mass is 285 g/mol. The Bertz CT molecular complexity index is 403. The second-order valence-electron chi connectivity index (χ2n) is 5.29. The Morgan fingerprint density at radius 1 is 1.20 bits per heavy atom. The van der Waals surface area contributed by atoms with Gasteiger partial charge in [-0.3, -0.25) is 9.80 Å². The molecule has 1 aromatic heterocycles. The Balaban J connectivity index is 1.82. The molecule has 0 amide bonds. The lowest BCUT2D eigenvalue weighted by molar-refractivity contribution is -0.0528. The molecule has 0 N–H and O–H groups in total. The molecule has 0 saturated carbocycles. The van der Waals surface area contributed by atoms with E-state index in [1.54, 1.807) is 12.3 Å². The Kier molecular flexibility index (Phi) is 5.25. The van der Waals surface area contributed by atoms with Crippen molar-refractivity contribution in [3.63, 3.8) is 0 Å². The normalized spacial score (nSPS) is 17.9. The molecule has 1 fully saturated rings. The van der Waals surface area contributed by atoms with Gasteiger partial charge in [0, 0.05) is 51.0 Å². The molecule has 6 heteroatoms. The van der Waals surface area contributed by atoms with Crippen molar-refractivity contribution in [1.29, 1.82) is 0 Å². The summed E-state index contributed by atoms with van der Waals surface area (Å²) in [5.41, 5.74) is 1.02. The number of piperazine rings is 1. The number of hydrogen-bond donors (Lipinski definition) is 0. The van der Waals surface area contributed by atoms with Crippen LogP contribution in [0.2, 0.25) is 0 Å². The van der Waals surface area contributed by atoms with Gasteiger partial charge in [0.25, 0.3) is 0 Å². The highest BCUT2D eigenvalue weighted by Crippen LogP contribution is 2.14. The Labute approximate surface area is 118 Å². The van der Waals surface area contributed by atoms with Crippen molar-refractivity contribution < 1.29 is 13.5 Å². The highest BCUT2D eigenvalue weighted by Gasteiger charge is 2.18. The zero-order valence-electron chi connectivity index (χ0n) is 11.9. The van der Waals surface area contributed by atoms with E-state index in [4.69, 9.17) is 0 Å². The maximum atomic E-state index is 12.0. The molecule has 0 aromatic carbocycles. The van der Waals surface area contributed by atoms with E-state index >= 15 is 0 Å². The molecular weight excluding hydrogens is 264 g/mol. The highest BCUT2D eigenvalue weighted by atomic mass is 19.3. The summed E-state index contributed by atoms with van der Waals surface area (Å²) in [6.45, 7) is 6.57. The first-order valence-electron chi connectivity index (χ1n) is 6.91. The smallest absolute Gasteiger partial charge is 0.388 e. The summed E-state index contributed by atoms with van der Waals surface area (Å²) in [4.78, 5) is 8.69. The molecule has 0 bridgehead atoms. The van der Waals surface area contributed by atoms with E-state index in [0.717, 1.165) is 38.3 Å². The van der Waals surface area contributed by atoms with Gasteiger partial charge in [0.1, 0.15) is 0 Å². The summed E-state index contributed by atoms with van der Waals surface area (Å²) in [7, 11) is 0. The van der Waals surface area contributed by atoms with Crippen LogP contribution in [0.4, 0.5) is 8.78 Å². The summed E-state index contributed by atoms with van der Waals surface area (Å²) in [6, 6.07) is 3.87. The molecular formula is C14H21F2N3O. The van der Waals surface area contributed by atoms with E-state index in [-0.39, 0.29) is 5.88 Å². The lowest BCUT2D eigenvalue weighted by Gasteiger charge is -2.36. The molecule has 2 rings (SSSR count). The molecule has 2 heterocycles. The van der Waals surface area contributed by atoms with E-state index in [2.05, 4.69) is 33.4 Å². The predicted octanol–water partition coefficient (Wildman–Crippen LogP) is 2.21. The molecule has 0 unspecified atom stereocenters. The number of rotatable bonds is 5. The topological polar surface area (TPSA) is 28.6 Å². The maximum absolute atomic E-state index is 12.0. The number of halogens is 2. The van der Waals surface area contributed by atoms with Crippen LogP contribution in [0.15, 0.2) is 18.3 Å². The van der Waals surface area contributed by atoms with Gasteiger partial charge in [-0.25, -0.2) is 4.98 Å². The number of aromatic nitrogens is 1. The van der Waals surface area contributed by atoms with Crippen LogP contribution in [-0.4, -0.2) is 53.6 Å². The van der Waals surface area contributed by atoms with E-state index in [0.29, 0.717) is 6.04 Å². The minimum Gasteiger partial charge on any atom is -0.417 e. The van der Waals surface area contributed by atoms with E-state index in [1.807, 2.05) is 0 Å². The van der Waals surface area contributed by atoms with Crippen molar-refractivity contribution in [3.8, 4) is 5.88 Å². The molecule has 0 atom stereocenters. The molecule has 112 valence electrons. The van der Waals surface area contributed by atoms with Crippen molar-refractivity contribution in [3.05, 3.63) is 23.9 Å². The van der Waals surface area contributed by atoms with Crippen LogP contribution >= 0.6 is 0 Å². The summed E-state index contributed by atoms with van der Waals surface area (Å²) in [6.07, 6.45) is 1.60. The van der Waals surface area contributed by atoms with Gasteiger partial charge < -0.3 is 4.74 Å². The minimum atomic E-state index is -2.82. The van der Waals surface area contributed by atoms with Crippen LogP contribution in [0.25, 0.3) is 0 Å². The number of ether oxygens (including phenoxy) is 1. The predicted molar refractivity (Wildman–Crippen MR) is 72.9 cm³/mol. The van der Waals surface area contributed by atoms with Gasteiger partial charge in [-0.15, -0.1) is 0 Å².